The molecular formula is C14H18F3NO3S. The SMILES string of the molecule is CN(C(=O)OC(C)(C)C)C1COc2cc(C(F)(F)F)sc2C1. The average molecular weight is 337 g/mol. The van der Waals surface area contributed by atoms with E-state index in [2.05, 4.69) is 0 Å². The number of fused-ring (bicyclic) bond motifs is 1. The zero-order valence-corrected chi connectivity index (χ0v) is 13.6. The van der Waals surface area contributed by atoms with E-state index < -0.39 is 22.7 Å². The molecule has 1 atom stereocenters. The standard InChI is InChI=1S/C14H18F3NO3S/c1-13(2,3)21-12(19)18(4)8-5-10-9(20-7-8)6-11(22-10)14(15,16)17/h6,8H,5,7H2,1-4H3. The van der Waals surface area contributed by atoms with Crippen molar-refractivity contribution >= 4 is 17.4 Å². The molecule has 1 unspecified atom stereocenters. The number of likely N-dealkylation sites (N-methyl/N-ethyl adjacent to an activating group) is 1. The second kappa shape index (κ2) is 5.64. The zero-order chi connectivity index (χ0) is 16.7. The smallest absolute Gasteiger partial charge is 0.425 e. The lowest BCUT2D eigenvalue weighted by Crippen LogP contribution is -2.45. The predicted molar refractivity (Wildman–Crippen MR) is 76.3 cm³/mol. The largest absolute Gasteiger partial charge is 0.490 e. The average Bonchev–Trinajstić information content (AvgIpc) is 2.78. The minimum Gasteiger partial charge on any atom is -0.490 e. The number of halogens is 3. The topological polar surface area (TPSA) is 38.8 Å². The lowest BCUT2D eigenvalue weighted by molar-refractivity contribution is -0.134. The third-order valence-corrected chi connectivity index (χ3v) is 4.31. The maximum atomic E-state index is 12.7. The van der Waals surface area contributed by atoms with Gasteiger partial charge in [0.15, 0.2) is 0 Å². The quantitative estimate of drug-likeness (QED) is 0.779. The molecule has 2 rings (SSSR count). The van der Waals surface area contributed by atoms with Crippen LogP contribution in [0.15, 0.2) is 6.07 Å². The fraction of sp³-hybridized carbons (Fsp3) is 0.643. The Kier molecular flexibility index (Phi) is 4.34. The maximum absolute atomic E-state index is 12.7. The summed E-state index contributed by atoms with van der Waals surface area (Å²) in [5, 5.41) is 0. The van der Waals surface area contributed by atoms with Gasteiger partial charge in [-0.25, -0.2) is 4.79 Å². The van der Waals surface area contributed by atoms with Crippen LogP contribution in [0.5, 0.6) is 5.75 Å². The molecule has 0 saturated heterocycles. The van der Waals surface area contributed by atoms with E-state index in [1.165, 1.54) is 4.90 Å². The summed E-state index contributed by atoms with van der Waals surface area (Å²) >= 11 is 0.660. The van der Waals surface area contributed by atoms with Gasteiger partial charge in [0.2, 0.25) is 0 Å². The number of nitrogens with zero attached hydrogens (tertiary/aromatic N) is 1. The van der Waals surface area contributed by atoms with E-state index in [1.807, 2.05) is 0 Å². The van der Waals surface area contributed by atoms with Gasteiger partial charge in [0.1, 0.15) is 22.8 Å². The third-order valence-electron chi connectivity index (χ3n) is 3.13. The molecule has 0 N–H and O–H groups in total. The van der Waals surface area contributed by atoms with Gasteiger partial charge in [-0.1, -0.05) is 0 Å². The number of alkyl halides is 3. The number of hydrogen-bond donors (Lipinski definition) is 0. The van der Waals surface area contributed by atoms with Gasteiger partial charge in [0.25, 0.3) is 0 Å². The highest BCUT2D eigenvalue weighted by atomic mass is 32.1. The number of hydrogen-bond acceptors (Lipinski definition) is 4. The minimum atomic E-state index is -4.38. The Hall–Kier alpha value is -1.44. The van der Waals surface area contributed by atoms with E-state index in [1.54, 1.807) is 27.8 Å². The normalized spacial score (nSPS) is 18.4. The number of amides is 1. The van der Waals surface area contributed by atoms with Crippen LogP contribution in [0.25, 0.3) is 0 Å². The summed E-state index contributed by atoms with van der Waals surface area (Å²) in [5.74, 6) is 0.256. The highest BCUT2D eigenvalue weighted by Gasteiger charge is 2.37. The highest BCUT2D eigenvalue weighted by molar-refractivity contribution is 7.12. The van der Waals surface area contributed by atoms with Gasteiger partial charge >= 0.3 is 12.3 Å². The van der Waals surface area contributed by atoms with Crippen molar-refractivity contribution in [2.75, 3.05) is 13.7 Å². The van der Waals surface area contributed by atoms with Crippen LogP contribution in [0.4, 0.5) is 18.0 Å². The van der Waals surface area contributed by atoms with Gasteiger partial charge in [-0.2, -0.15) is 13.2 Å². The second-order valence-electron chi connectivity index (χ2n) is 6.16. The van der Waals surface area contributed by atoms with Gasteiger partial charge in [-0.3, -0.25) is 0 Å². The molecule has 1 aliphatic heterocycles. The van der Waals surface area contributed by atoms with Crippen molar-refractivity contribution in [3.8, 4) is 5.75 Å². The molecule has 1 amide bonds. The van der Waals surface area contributed by atoms with Crippen LogP contribution in [0.2, 0.25) is 0 Å². The van der Waals surface area contributed by atoms with Crippen molar-refractivity contribution in [2.45, 2.75) is 45.0 Å². The van der Waals surface area contributed by atoms with Crippen LogP contribution >= 0.6 is 11.3 Å². The van der Waals surface area contributed by atoms with Crippen LogP contribution in [0.1, 0.15) is 30.5 Å². The number of ether oxygens (including phenoxy) is 2. The van der Waals surface area contributed by atoms with E-state index in [-0.39, 0.29) is 18.4 Å². The van der Waals surface area contributed by atoms with Gasteiger partial charge in [-0.05, 0) is 20.8 Å². The summed E-state index contributed by atoms with van der Waals surface area (Å²) in [6, 6.07) is 0.672. The van der Waals surface area contributed by atoms with Crippen LogP contribution < -0.4 is 4.74 Å². The molecule has 0 aromatic carbocycles. The first-order chi connectivity index (χ1) is 9.97. The summed E-state index contributed by atoms with van der Waals surface area (Å²) in [5.41, 5.74) is -0.627. The number of rotatable bonds is 1. The first-order valence-electron chi connectivity index (χ1n) is 6.76. The summed E-state index contributed by atoms with van der Waals surface area (Å²) in [4.78, 5) is 13.2. The maximum Gasteiger partial charge on any atom is 0.425 e. The summed E-state index contributed by atoms with van der Waals surface area (Å²) in [6.07, 6.45) is -4.57. The molecule has 124 valence electrons. The van der Waals surface area contributed by atoms with Crippen molar-refractivity contribution in [3.05, 3.63) is 15.8 Å². The molecule has 22 heavy (non-hydrogen) atoms. The Morgan fingerprint density at radius 1 is 1.41 bits per heavy atom. The van der Waals surface area contributed by atoms with Crippen molar-refractivity contribution in [2.24, 2.45) is 0 Å². The molecule has 0 fully saturated rings. The van der Waals surface area contributed by atoms with Gasteiger partial charge in [0.05, 0.1) is 6.04 Å². The molecular weight excluding hydrogens is 319 g/mol. The zero-order valence-electron chi connectivity index (χ0n) is 12.8. The van der Waals surface area contributed by atoms with Crippen LogP contribution in [0.3, 0.4) is 0 Å². The van der Waals surface area contributed by atoms with Gasteiger partial charge < -0.3 is 14.4 Å². The van der Waals surface area contributed by atoms with Crippen molar-refractivity contribution in [1.82, 2.24) is 4.90 Å². The first-order valence-corrected chi connectivity index (χ1v) is 7.57. The summed E-state index contributed by atoms with van der Waals surface area (Å²) in [6.45, 7) is 5.41. The van der Waals surface area contributed by atoms with Gasteiger partial charge in [-0.15, -0.1) is 11.3 Å². The Labute approximate surface area is 130 Å². The highest BCUT2D eigenvalue weighted by Crippen LogP contribution is 2.42. The molecule has 0 aliphatic carbocycles. The van der Waals surface area contributed by atoms with Gasteiger partial charge in [0, 0.05) is 24.4 Å². The molecule has 1 aromatic heterocycles. The van der Waals surface area contributed by atoms with Crippen LogP contribution in [0, 0.1) is 0 Å². The van der Waals surface area contributed by atoms with E-state index in [9.17, 15) is 18.0 Å². The van der Waals surface area contributed by atoms with E-state index in [4.69, 9.17) is 9.47 Å². The van der Waals surface area contributed by atoms with Crippen molar-refractivity contribution in [1.29, 1.82) is 0 Å². The molecule has 1 aliphatic rings. The lowest BCUT2D eigenvalue weighted by atomic mass is 10.1. The third kappa shape index (κ3) is 3.85. The van der Waals surface area contributed by atoms with Crippen LogP contribution in [-0.2, 0) is 17.3 Å². The molecule has 2 heterocycles. The van der Waals surface area contributed by atoms with Crippen molar-refractivity contribution < 1.29 is 27.4 Å². The van der Waals surface area contributed by atoms with E-state index in [0.29, 0.717) is 22.6 Å². The minimum absolute atomic E-state index is 0.150. The molecule has 0 saturated carbocycles. The molecule has 1 aromatic rings. The molecule has 0 spiro atoms. The summed E-state index contributed by atoms with van der Waals surface area (Å²) in [7, 11) is 1.56. The Morgan fingerprint density at radius 3 is 2.59 bits per heavy atom. The number of thiophene rings is 1. The second-order valence-corrected chi connectivity index (χ2v) is 7.29. The number of carbonyl (C=O) groups excluding carboxylic acids is 1. The van der Waals surface area contributed by atoms with E-state index in [0.717, 1.165) is 6.07 Å². The molecule has 4 nitrogen and oxygen atoms in total. The lowest BCUT2D eigenvalue weighted by Gasteiger charge is -2.32. The van der Waals surface area contributed by atoms with Crippen molar-refractivity contribution in [3.63, 3.8) is 0 Å². The Bertz CT molecular complexity index is 563. The Balaban J connectivity index is 2.08. The fourth-order valence-electron chi connectivity index (χ4n) is 2.01. The van der Waals surface area contributed by atoms with E-state index >= 15 is 0 Å². The first kappa shape index (κ1) is 16.9. The fourth-order valence-corrected chi connectivity index (χ4v) is 3.05. The monoisotopic (exact) mass is 337 g/mol. The van der Waals surface area contributed by atoms with Crippen LogP contribution in [-0.4, -0.2) is 36.3 Å². The molecule has 8 heteroatoms. The Morgan fingerprint density at radius 2 is 2.05 bits per heavy atom. The predicted octanol–water partition coefficient (Wildman–Crippen LogP) is 3.94. The summed E-state index contributed by atoms with van der Waals surface area (Å²) < 4.78 is 48.8. The molecule has 0 radical (unpaired) electrons. The number of carbonyl (C=O) groups is 1. The molecule has 0 bridgehead atoms.